The fourth-order valence-electron chi connectivity index (χ4n) is 1.94. The molecule has 2 amide bonds. The third-order valence-corrected chi connectivity index (χ3v) is 3.23. The molecular formula is C18H19N3O3. The molecule has 0 heterocycles. The Hall–Kier alpha value is -3.15. The Kier molecular flexibility index (Phi) is 5.68. The van der Waals surface area contributed by atoms with Crippen LogP contribution in [-0.2, 0) is 4.79 Å². The van der Waals surface area contributed by atoms with E-state index in [1.54, 1.807) is 6.92 Å². The van der Waals surface area contributed by atoms with Gasteiger partial charge < -0.3 is 10.4 Å². The van der Waals surface area contributed by atoms with Gasteiger partial charge in [-0.05, 0) is 50.2 Å². The fraction of sp³-hybridized carbons (Fsp3) is 0.167. The van der Waals surface area contributed by atoms with Crippen molar-refractivity contribution in [3.05, 3.63) is 59.7 Å². The Morgan fingerprint density at radius 2 is 1.67 bits per heavy atom. The molecule has 2 rings (SSSR count). The van der Waals surface area contributed by atoms with E-state index in [1.807, 2.05) is 31.2 Å². The number of carbonyl (C=O) groups excluding carboxylic acids is 2. The maximum absolute atomic E-state index is 11.9. The van der Waals surface area contributed by atoms with Crippen LogP contribution in [0.2, 0.25) is 0 Å². The monoisotopic (exact) mass is 325 g/mol. The zero-order valence-electron chi connectivity index (χ0n) is 13.5. The van der Waals surface area contributed by atoms with Crippen LogP contribution in [-0.4, -0.2) is 22.6 Å². The second kappa shape index (κ2) is 7.92. The van der Waals surface area contributed by atoms with Gasteiger partial charge in [0.25, 0.3) is 5.91 Å². The van der Waals surface area contributed by atoms with Gasteiger partial charge in [0.05, 0.1) is 6.42 Å². The summed E-state index contributed by atoms with van der Waals surface area (Å²) in [6, 6.07) is 13.3. The standard InChI is InChI=1S/C18H19N3O3/c1-12-3-7-15(8-4-12)19-17(23)11-13(2)20-21-18(24)14-5-9-16(22)10-6-14/h3-10,22H,11H2,1-2H3,(H,19,23)(H,21,24)/b20-13-. The molecule has 124 valence electrons. The first-order valence-corrected chi connectivity index (χ1v) is 7.43. The molecule has 0 saturated heterocycles. The van der Waals surface area contributed by atoms with Crippen LogP contribution in [0.5, 0.6) is 5.75 Å². The van der Waals surface area contributed by atoms with Gasteiger partial charge >= 0.3 is 0 Å². The van der Waals surface area contributed by atoms with Crippen molar-refractivity contribution >= 4 is 23.2 Å². The molecule has 6 heteroatoms. The van der Waals surface area contributed by atoms with Gasteiger partial charge in [-0.15, -0.1) is 0 Å². The number of aryl methyl sites for hydroxylation is 1. The van der Waals surface area contributed by atoms with E-state index in [2.05, 4.69) is 15.8 Å². The predicted molar refractivity (Wildman–Crippen MR) is 93.1 cm³/mol. The number of aromatic hydroxyl groups is 1. The van der Waals surface area contributed by atoms with Crippen LogP contribution in [0.1, 0.15) is 29.3 Å². The lowest BCUT2D eigenvalue weighted by Crippen LogP contribution is -2.21. The smallest absolute Gasteiger partial charge is 0.271 e. The van der Waals surface area contributed by atoms with Gasteiger partial charge in [-0.1, -0.05) is 17.7 Å². The lowest BCUT2D eigenvalue weighted by molar-refractivity contribution is -0.115. The first-order chi connectivity index (χ1) is 11.4. The number of amides is 2. The summed E-state index contributed by atoms with van der Waals surface area (Å²) >= 11 is 0. The van der Waals surface area contributed by atoms with Crippen LogP contribution in [0.4, 0.5) is 5.69 Å². The van der Waals surface area contributed by atoms with Gasteiger partial charge in [-0.2, -0.15) is 5.10 Å². The van der Waals surface area contributed by atoms with E-state index < -0.39 is 5.91 Å². The van der Waals surface area contributed by atoms with Crippen molar-refractivity contribution in [3.63, 3.8) is 0 Å². The number of phenols is 1. The quantitative estimate of drug-likeness (QED) is 0.583. The zero-order valence-corrected chi connectivity index (χ0v) is 13.5. The van der Waals surface area contributed by atoms with E-state index in [0.717, 1.165) is 5.56 Å². The number of anilines is 1. The van der Waals surface area contributed by atoms with Gasteiger partial charge in [-0.25, -0.2) is 5.43 Å². The molecule has 0 atom stereocenters. The second-order valence-electron chi connectivity index (χ2n) is 5.43. The van der Waals surface area contributed by atoms with Crippen molar-refractivity contribution in [3.8, 4) is 5.75 Å². The van der Waals surface area contributed by atoms with E-state index in [-0.39, 0.29) is 18.1 Å². The van der Waals surface area contributed by atoms with E-state index in [4.69, 9.17) is 0 Å². The summed E-state index contributed by atoms with van der Waals surface area (Å²) in [6.07, 6.45) is 0.0731. The number of phenolic OH excluding ortho intramolecular Hbond substituents is 1. The Balaban J connectivity index is 1.86. The molecule has 0 aliphatic carbocycles. The van der Waals surface area contributed by atoms with Gasteiger partial charge in [0.15, 0.2) is 0 Å². The molecule has 0 fully saturated rings. The summed E-state index contributed by atoms with van der Waals surface area (Å²) in [4.78, 5) is 23.8. The first-order valence-electron chi connectivity index (χ1n) is 7.43. The molecule has 24 heavy (non-hydrogen) atoms. The number of hydrazone groups is 1. The highest BCUT2D eigenvalue weighted by Crippen LogP contribution is 2.10. The van der Waals surface area contributed by atoms with Crippen LogP contribution < -0.4 is 10.7 Å². The highest BCUT2D eigenvalue weighted by Gasteiger charge is 2.07. The summed E-state index contributed by atoms with van der Waals surface area (Å²) < 4.78 is 0. The minimum absolute atomic E-state index is 0.0731. The first kappa shape index (κ1) is 17.2. The average molecular weight is 325 g/mol. The number of nitrogens with zero attached hydrogens (tertiary/aromatic N) is 1. The van der Waals surface area contributed by atoms with Crippen LogP contribution in [0.3, 0.4) is 0 Å². The molecule has 6 nitrogen and oxygen atoms in total. The third-order valence-electron chi connectivity index (χ3n) is 3.23. The van der Waals surface area contributed by atoms with Crippen molar-refractivity contribution in [1.82, 2.24) is 5.43 Å². The van der Waals surface area contributed by atoms with Gasteiger partial charge in [0, 0.05) is 17.0 Å². The molecule has 0 aliphatic rings. The number of rotatable bonds is 5. The third kappa shape index (κ3) is 5.24. The van der Waals surface area contributed by atoms with Crippen molar-refractivity contribution in [2.24, 2.45) is 5.10 Å². The van der Waals surface area contributed by atoms with Gasteiger partial charge in [0.2, 0.25) is 5.91 Å². The molecule has 0 aromatic heterocycles. The minimum atomic E-state index is -0.409. The topological polar surface area (TPSA) is 90.8 Å². The minimum Gasteiger partial charge on any atom is -0.508 e. The SMILES string of the molecule is C/C(CC(=O)Nc1ccc(C)cc1)=N/NC(=O)c1ccc(O)cc1. The maximum Gasteiger partial charge on any atom is 0.271 e. The molecule has 2 aromatic carbocycles. The molecule has 0 bridgehead atoms. The summed E-state index contributed by atoms with van der Waals surface area (Å²) in [5.41, 5.74) is 5.06. The maximum atomic E-state index is 11.9. The van der Waals surface area contributed by atoms with E-state index in [9.17, 15) is 14.7 Å². The molecule has 0 aliphatic heterocycles. The molecule has 0 saturated carbocycles. The van der Waals surface area contributed by atoms with Gasteiger partial charge in [-0.3, -0.25) is 9.59 Å². The molecule has 2 aromatic rings. The Bertz CT molecular complexity index is 750. The van der Waals surface area contributed by atoms with Crippen LogP contribution >= 0.6 is 0 Å². The molecule has 3 N–H and O–H groups in total. The lowest BCUT2D eigenvalue weighted by Gasteiger charge is -2.06. The highest BCUT2D eigenvalue weighted by molar-refractivity contribution is 6.06. The zero-order chi connectivity index (χ0) is 17.5. The molecule has 0 unspecified atom stereocenters. The van der Waals surface area contributed by atoms with Crippen molar-refractivity contribution in [1.29, 1.82) is 0 Å². The Labute approximate surface area is 140 Å². The number of nitrogens with one attached hydrogen (secondary N) is 2. The van der Waals surface area contributed by atoms with E-state index >= 15 is 0 Å². The summed E-state index contributed by atoms with van der Waals surface area (Å²) in [7, 11) is 0. The van der Waals surface area contributed by atoms with Crippen LogP contribution in [0.15, 0.2) is 53.6 Å². The van der Waals surface area contributed by atoms with Crippen molar-refractivity contribution < 1.29 is 14.7 Å². The van der Waals surface area contributed by atoms with Crippen molar-refractivity contribution in [2.75, 3.05) is 5.32 Å². The summed E-state index contributed by atoms with van der Waals surface area (Å²) in [6.45, 7) is 3.63. The van der Waals surface area contributed by atoms with Crippen LogP contribution in [0, 0.1) is 6.92 Å². The lowest BCUT2D eigenvalue weighted by atomic mass is 10.2. The number of carbonyl (C=O) groups is 2. The number of hydrogen-bond donors (Lipinski definition) is 3. The Morgan fingerprint density at radius 3 is 2.29 bits per heavy atom. The second-order valence-corrected chi connectivity index (χ2v) is 5.43. The normalized spacial score (nSPS) is 11.0. The summed E-state index contributed by atoms with van der Waals surface area (Å²) in [5.74, 6) is -0.536. The Morgan fingerprint density at radius 1 is 1.04 bits per heavy atom. The van der Waals surface area contributed by atoms with E-state index in [1.165, 1.54) is 24.3 Å². The molecule has 0 spiro atoms. The number of hydrogen-bond acceptors (Lipinski definition) is 4. The van der Waals surface area contributed by atoms with E-state index in [0.29, 0.717) is 17.0 Å². The van der Waals surface area contributed by atoms with Crippen LogP contribution in [0.25, 0.3) is 0 Å². The van der Waals surface area contributed by atoms with Gasteiger partial charge in [0.1, 0.15) is 5.75 Å². The molecule has 0 radical (unpaired) electrons. The number of benzene rings is 2. The largest absolute Gasteiger partial charge is 0.508 e. The predicted octanol–water partition coefficient (Wildman–Crippen LogP) is 2.84. The fourth-order valence-corrected chi connectivity index (χ4v) is 1.94. The molecular weight excluding hydrogens is 306 g/mol. The average Bonchev–Trinajstić information content (AvgIpc) is 2.55. The highest BCUT2D eigenvalue weighted by atomic mass is 16.3. The summed E-state index contributed by atoms with van der Waals surface area (Å²) in [5, 5.41) is 15.9. The van der Waals surface area contributed by atoms with Crippen molar-refractivity contribution in [2.45, 2.75) is 20.3 Å².